The summed E-state index contributed by atoms with van der Waals surface area (Å²) in [4.78, 5) is 15.8. The maximum atomic E-state index is 11.8. The Kier molecular flexibility index (Phi) is 7.29. The molecular formula is C20H23N5O3. The summed E-state index contributed by atoms with van der Waals surface area (Å²) < 4.78 is 9.99. The maximum Gasteiger partial charge on any atom is 0.348 e. The quantitative estimate of drug-likeness (QED) is 0.341. The molecule has 1 heterocycles. The molecule has 1 aliphatic rings. The minimum atomic E-state index is -0.769. The third-order valence-corrected chi connectivity index (χ3v) is 4.36. The number of rotatable bonds is 6. The number of piperazine rings is 1. The summed E-state index contributed by atoms with van der Waals surface area (Å²) in [6.45, 7) is 4.45. The van der Waals surface area contributed by atoms with E-state index in [9.17, 15) is 10.1 Å². The molecule has 1 aliphatic heterocycles. The van der Waals surface area contributed by atoms with Crippen LogP contribution in [0.3, 0.4) is 0 Å². The van der Waals surface area contributed by atoms with Crippen molar-refractivity contribution in [1.82, 2.24) is 4.90 Å². The fraction of sp³-hybridized carbons (Fsp3) is 0.350. The minimum absolute atomic E-state index is 0.0718. The molecule has 0 aliphatic carbocycles. The van der Waals surface area contributed by atoms with E-state index in [1.165, 1.54) is 6.08 Å². The Morgan fingerprint density at radius 1 is 1.18 bits per heavy atom. The Morgan fingerprint density at radius 2 is 1.82 bits per heavy atom. The van der Waals surface area contributed by atoms with Crippen LogP contribution < -0.4 is 15.4 Å². The number of methoxy groups -OCH3 is 1. The standard InChI is InChI=1S/C20H23N5O3/c1-3-28-20(26)16(14-22)12-15(13-21)19(23)25-10-8-24(9-11-25)17-4-6-18(27-2)7-5-17/h4-7,12H,3,8-11,23H2,1-2H3/b16-12+,19-15+. The molecule has 0 bridgehead atoms. The van der Waals surface area contributed by atoms with Crippen molar-refractivity contribution in [2.45, 2.75) is 6.92 Å². The molecule has 2 N–H and O–H groups in total. The van der Waals surface area contributed by atoms with Crippen molar-refractivity contribution in [2.75, 3.05) is 44.8 Å². The number of anilines is 1. The zero-order chi connectivity index (χ0) is 20.5. The van der Waals surface area contributed by atoms with Gasteiger partial charge in [-0.1, -0.05) is 0 Å². The fourth-order valence-electron chi connectivity index (χ4n) is 2.82. The number of hydrogen-bond donors (Lipinski definition) is 1. The van der Waals surface area contributed by atoms with Crippen molar-refractivity contribution >= 4 is 11.7 Å². The molecule has 0 radical (unpaired) electrons. The topological polar surface area (TPSA) is 116 Å². The molecule has 0 saturated carbocycles. The summed E-state index contributed by atoms with van der Waals surface area (Å²) in [7, 11) is 1.63. The van der Waals surface area contributed by atoms with Gasteiger partial charge in [0.25, 0.3) is 0 Å². The number of hydrogen-bond acceptors (Lipinski definition) is 8. The second kappa shape index (κ2) is 9.89. The number of nitriles is 2. The van der Waals surface area contributed by atoms with Crippen molar-refractivity contribution in [3.63, 3.8) is 0 Å². The zero-order valence-electron chi connectivity index (χ0n) is 16.0. The van der Waals surface area contributed by atoms with E-state index in [1.807, 2.05) is 35.2 Å². The number of allylic oxidation sites excluding steroid dienone is 2. The first kappa shape index (κ1) is 20.7. The first-order valence-electron chi connectivity index (χ1n) is 8.86. The molecule has 1 fully saturated rings. The van der Waals surface area contributed by atoms with Crippen LogP contribution in [0, 0.1) is 22.7 Å². The molecule has 0 atom stereocenters. The van der Waals surface area contributed by atoms with E-state index in [1.54, 1.807) is 20.1 Å². The van der Waals surface area contributed by atoms with Crippen LogP contribution in [0.2, 0.25) is 0 Å². The molecule has 1 aromatic carbocycles. The van der Waals surface area contributed by atoms with E-state index in [0.29, 0.717) is 13.1 Å². The Morgan fingerprint density at radius 3 is 2.32 bits per heavy atom. The molecular weight excluding hydrogens is 358 g/mol. The Balaban J connectivity index is 2.11. The first-order valence-corrected chi connectivity index (χ1v) is 8.86. The molecule has 0 aromatic heterocycles. The average molecular weight is 381 g/mol. The molecule has 28 heavy (non-hydrogen) atoms. The van der Waals surface area contributed by atoms with Crippen LogP contribution in [0.25, 0.3) is 0 Å². The lowest BCUT2D eigenvalue weighted by molar-refractivity contribution is -0.138. The van der Waals surface area contributed by atoms with Crippen LogP contribution >= 0.6 is 0 Å². The predicted octanol–water partition coefficient (Wildman–Crippen LogP) is 1.52. The number of esters is 1. The van der Waals surface area contributed by atoms with Gasteiger partial charge in [0, 0.05) is 31.9 Å². The van der Waals surface area contributed by atoms with E-state index in [-0.39, 0.29) is 23.6 Å². The van der Waals surface area contributed by atoms with Gasteiger partial charge in [-0.2, -0.15) is 10.5 Å². The number of nitrogens with two attached hydrogens (primary N) is 1. The molecule has 8 nitrogen and oxygen atoms in total. The smallest absolute Gasteiger partial charge is 0.348 e. The molecule has 2 rings (SSSR count). The number of carbonyl (C=O) groups excluding carboxylic acids is 1. The SMILES string of the molecule is CCOC(=O)/C(C#N)=C/C(C#N)=C(/N)N1CCN(c2ccc(OC)cc2)CC1. The van der Waals surface area contributed by atoms with Crippen LogP contribution in [0.5, 0.6) is 5.75 Å². The maximum absolute atomic E-state index is 11.8. The number of ether oxygens (including phenoxy) is 2. The number of benzene rings is 1. The monoisotopic (exact) mass is 381 g/mol. The summed E-state index contributed by atoms with van der Waals surface area (Å²) in [5.74, 6) is 0.277. The molecule has 0 unspecified atom stereocenters. The highest BCUT2D eigenvalue weighted by Gasteiger charge is 2.20. The minimum Gasteiger partial charge on any atom is -0.497 e. The van der Waals surface area contributed by atoms with Crippen molar-refractivity contribution in [3.05, 3.63) is 47.3 Å². The van der Waals surface area contributed by atoms with Gasteiger partial charge in [-0.05, 0) is 37.3 Å². The molecule has 146 valence electrons. The summed E-state index contributed by atoms with van der Waals surface area (Å²) >= 11 is 0. The second-order valence-electron chi connectivity index (χ2n) is 5.97. The third kappa shape index (κ3) is 4.95. The van der Waals surface area contributed by atoms with Gasteiger partial charge in [-0.3, -0.25) is 0 Å². The van der Waals surface area contributed by atoms with Gasteiger partial charge in [0.05, 0.1) is 19.3 Å². The first-order chi connectivity index (χ1) is 13.5. The highest BCUT2D eigenvalue weighted by Crippen LogP contribution is 2.21. The molecule has 0 amide bonds. The van der Waals surface area contributed by atoms with E-state index >= 15 is 0 Å². The fourth-order valence-corrected chi connectivity index (χ4v) is 2.82. The average Bonchev–Trinajstić information content (AvgIpc) is 2.74. The lowest BCUT2D eigenvalue weighted by Gasteiger charge is -2.37. The van der Waals surface area contributed by atoms with Gasteiger partial charge in [0.1, 0.15) is 29.3 Å². The zero-order valence-corrected chi connectivity index (χ0v) is 16.0. The predicted molar refractivity (Wildman–Crippen MR) is 104 cm³/mol. The third-order valence-electron chi connectivity index (χ3n) is 4.36. The van der Waals surface area contributed by atoms with Crippen LogP contribution in [-0.4, -0.2) is 50.8 Å². The lowest BCUT2D eigenvalue weighted by atomic mass is 10.1. The Labute approximate surface area is 164 Å². The van der Waals surface area contributed by atoms with Gasteiger partial charge < -0.3 is 25.0 Å². The van der Waals surface area contributed by atoms with Gasteiger partial charge in [-0.15, -0.1) is 0 Å². The van der Waals surface area contributed by atoms with E-state index in [2.05, 4.69) is 4.90 Å². The van der Waals surface area contributed by atoms with Crippen molar-refractivity contribution in [3.8, 4) is 17.9 Å². The van der Waals surface area contributed by atoms with Crippen LogP contribution in [0.4, 0.5) is 5.69 Å². The van der Waals surface area contributed by atoms with Gasteiger partial charge in [0.2, 0.25) is 0 Å². The molecule has 1 saturated heterocycles. The summed E-state index contributed by atoms with van der Waals surface area (Å²) in [6, 6.07) is 11.5. The van der Waals surface area contributed by atoms with Gasteiger partial charge in [-0.25, -0.2) is 4.79 Å². The van der Waals surface area contributed by atoms with E-state index in [0.717, 1.165) is 24.5 Å². The summed E-state index contributed by atoms with van der Waals surface area (Å²) in [5, 5.41) is 18.6. The van der Waals surface area contributed by atoms with Crippen molar-refractivity contribution in [1.29, 1.82) is 10.5 Å². The van der Waals surface area contributed by atoms with Gasteiger partial charge >= 0.3 is 5.97 Å². The Bertz CT molecular complexity index is 838. The highest BCUT2D eigenvalue weighted by molar-refractivity contribution is 5.93. The molecule has 1 aromatic rings. The highest BCUT2D eigenvalue weighted by atomic mass is 16.5. The van der Waals surface area contributed by atoms with Crippen LogP contribution in [-0.2, 0) is 9.53 Å². The van der Waals surface area contributed by atoms with Gasteiger partial charge in [0.15, 0.2) is 0 Å². The van der Waals surface area contributed by atoms with Crippen LogP contribution in [0.15, 0.2) is 47.3 Å². The normalized spacial score (nSPS) is 15.2. The van der Waals surface area contributed by atoms with E-state index < -0.39 is 5.97 Å². The Hall–Kier alpha value is -3.65. The largest absolute Gasteiger partial charge is 0.497 e. The number of carbonyl (C=O) groups is 1. The molecule has 0 spiro atoms. The van der Waals surface area contributed by atoms with E-state index in [4.69, 9.17) is 20.5 Å². The second-order valence-corrected chi connectivity index (χ2v) is 5.97. The van der Waals surface area contributed by atoms with Crippen molar-refractivity contribution < 1.29 is 14.3 Å². The lowest BCUT2D eigenvalue weighted by Crippen LogP contribution is -2.47. The van der Waals surface area contributed by atoms with Crippen molar-refractivity contribution in [2.24, 2.45) is 5.73 Å². The number of nitrogens with zero attached hydrogens (tertiary/aromatic N) is 4. The van der Waals surface area contributed by atoms with Crippen LogP contribution in [0.1, 0.15) is 6.92 Å². The summed E-state index contributed by atoms with van der Waals surface area (Å²) in [6.07, 6.45) is 1.18. The summed E-state index contributed by atoms with van der Waals surface area (Å²) in [5.41, 5.74) is 7.05. The molecule has 8 heteroatoms.